The second-order valence-electron chi connectivity index (χ2n) is 4.84. The van der Waals surface area contributed by atoms with E-state index in [0.29, 0.717) is 17.3 Å². The van der Waals surface area contributed by atoms with Crippen molar-refractivity contribution in [2.45, 2.75) is 44.7 Å². The van der Waals surface area contributed by atoms with Crippen molar-refractivity contribution in [3.63, 3.8) is 0 Å². The van der Waals surface area contributed by atoms with E-state index < -0.39 is 0 Å². The van der Waals surface area contributed by atoms with Crippen molar-refractivity contribution in [1.82, 2.24) is 5.32 Å². The summed E-state index contributed by atoms with van der Waals surface area (Å²) < 4.78 is 0. The first kappa shape index (κ1) is 8.11. The number of allylic oxidation sites excluding steroid dienone is 1. The zero-order chi connectivity index (χ0) is 8.98. The maximum atomic E-state index is 9.30. The molecule has 0 atom stereocenters. The molecule has 3 aliphatic carbocycles. The predicted molar refractivity (Wildman–Crippen MR) is 49.1 cm³/mol. The summed E-state index contributed by atoms with van der Waals surface area (Å²) in [4.78, 5) is 0. The number of rotatable bonds is 3. The van der Waals surface area contributed by atoms with Gasteiger partial charge in [-0.2, -0.15) is 0 Å². The Labute approximate surface area is 73.7 Å². The highest BCUT2D eigenvalue weighted by Crippen LogP contribution is 2.69. The molecule has 0 spiro atoms. The minimum atomic E-state index is 0.113. The van der Waals surface area contributed by atoms with E-state index in [0.717, 1.165) is 19.3 Å². The van der Waals surface area contributed by atoms with E-state index in [2.05, 4.69) is 25.7 Å². The first-order chi connectivity index (χ1) is 5.48. The van der Waals surface area contributed by atoms with Crippen LogP contribution >= 0.6 is 0 Å². The van der Waals surface area contributed by atoms with Crippen LogP contribution in [0.4, 0.5) is 0 Å². The quantitative estimate of drug-likeness (QED) is 0.630. The fraction of sp³-hybridized carbons (Fsp3) is 0.800. The lowest BCUT2D eigenvalue weighted by atomic mass is 9.38. The van der Waals surface area contributed by atoms with E-state index in [4.69, 9.17) is 0 Å². The van der Waals surface area contributed by atoms with Gasteiger partial charge in [0.1, 0.15) is 0 Å². The lowest BCUT2D eigenvalue weighted by Gasteiger charge is -2.70. The van der Waals surface area contributed by atoms with Crippen LogP contribution in [0.3, 0.4) is 0 Å². The molecule has 3 saturated carbocycles. The van der Waals surface area contributed by atoms with Crippen molar-refractivity contribution in [2.75, 3.05) is 0 Å². The Kier molecular flexibility index (Phi) is 1.39. The third-order valence-electron chi connectivity index (χ3n) is 3.24. The molecule has 0 amide bonds. The van der Waals surface area contributed by atoms with Gasteiger partial charge < -0.3 is 10.4 Å². The maximum absolute atomic E-state index is 9.30. The molecule has 2 heteroatoms. The highest BCUT2D eigenvalue weighted by molar-refractivity contribution is 5.31. The van der Waals surface area contributed by atoms with Gasteiger partial charge in [-0.3, -0.25) is 0 Å². The molecule has 0 saturated heterocycles. The molecular weight excluding hydrogens is 150 g/mol. The third-order valence-corrected chi connectivity index (χ3v) is 3.24. The Balaban J connectivity index is 1.91. The SMILES string of the molecule is C=C(O)C12CC(NC(C)C)(C1)C2. The largest absolute Gasteiger partial charge is 0.512 e. The van der Waals surface area contributed by atoms with Crippen molar-refractivity contribution in [3.05, 3.63) is 12.3 Å². The smallest absolute Gasteiger partial charge is 0.0914 e. The molecular formula is C10H17NO. The van der Waals surface area contributed by atoms with Gasteiger partial charge in [0, 0.05) is 17.0 Å². The van der Waals surface area contributed by atoms with E-state index >= 15 is 0 Å². The number of hydrogen-bond donors (Lipinski definition) is 2. The van der Waals surface area contributed by atoms with Gasteiger partial charge in [0.05, 0.1) is 5.76 Å². The molecule has 2 N–H and O–H groups in total. The van der Waals surface area contributed by atoms with Crippen LogP contribution in [0, 0.1) is 5.41 Å². The standard InChI is InChI=1S/C10H17NO/c1-7(2)11-10-4-9(5-10,6-10)8(3)12/h7,11-12H,3-6H2,1-2H3. The molecule has 0 aromatic heterocycles. The van der Waals surface area contributed by atoms with Crippen LogP contribution in [0.2, 0.25) is 0 Å². The number of aliphatic hydroxyl groups is 1. The van der Waals surface area contributed by atoms with Crippen LogP contribution in [0.1, 0.15) is 33.1 Å². The average molecular weight is 167 g/mol. The minimum absolute atomic E-state index is 0.113. The zero-order valence-corrected chi connectivity index (χ0v) is 7.85. The van der Waals surface area contributed by atoms with E-state index in [1.807, 2.05) is 0 Å². The Hall–Kier alpha value is -0.500. The van der Waals surface area contributed by atoms with Gasteiger partial charge in [0.2, 0.25) is 0 Å². The van der Waals surface area contributed by atoms with Crippen LogP contribution in [-0.4, -0.2) is 16.7 Å². The van der Waals surface area contributed by atoms with Gasteiger partial charge in [-0.25, -0.2) is 0 Å². The Morgan fingerprint density at radius 1 is 1.42 bits per heavy atom. The lowest BCUT2D eigenvalue weighted by Crippen LogP contribution is -2.75. The van der Waals surface area contributed by atoms with Crippen LogP contribution in [-0.2, 0) is 0 Å². The van der Waals surface area contributed by atoms with Crippen molar-refractivity contribution >= 4 is 0 Å². The van der Waals surface area contributed by atoms with E-state index in [-0.39, 0.29) is 5.41 Å². The first-order valence-corrected chi connectivity index (χ1v) is 4.64. The summed E-state index contributed by atoms with van der Waals surface area (Å²) in [5.41, 5.74) is 0.474. The topological polar surface area (TPSA) is 32.3 Å². The molecule has 3 rings (SSSR count). The summed E-state index contributed by atoms with van der Waals surface area (Å²) in [5, 5.41) is 12.8. The molecule has 0 aliphatic heterocycles. The molecule has 0 aromatic carbocycles. The van der Waals surface area contributed by atoms with Gasteiger partial charge in [-0.05, 0) is 19.3 Å². The van der Waals surface area contributed by atoms with E-state index in [9.17, 15) is 5.11 Å². The van der Waals surface area contributed by atoms with E-state index in [1.54, 1.807) is 0 Å². The fourth-order valence-electron chi connectivity index (χ4n) is 2.86. The van der Waals surface area contributed by atoms with Crippen molar-refractivity contribution in [2.24, 2.45) is 5.41 Å². The summed E-state index contributed by atoms with van der Waals surface area (Å²) in [6, 6.07) is 0.551. The molecule has 0 aromatic rings. The lowest BCUT2D eigenvalue weighted by molar-refractivity contribution is -0.149. The monoisotopic (exact) mass is 167 g/mol. The Morgan fingerprint density at radius 3 is 2.25 bits per heavy atom. The fourth-order valence-corrected chi connectivity index (χ4v) is 2.86. The molecule has 0 heterocycles. The molecule has 3 fully saturated rings. The second kappa shape index (κ2) is 2.05. The van der Waals surface area contributed by atoms with Crippen molar-refractivity contribution in [1.29, 1.82) is 0 Å². The van der Waals surface area contributed by atoms with Gasteiger partial charge in [-0.15, -0.1) is 0 Å². The summed E-state index contributed by atoms with van der Waals surface area (Å²) in [6.07, 6.45) is 3.27. The second-order valence-corrected chi connectivity index (χ2v) is 4.84. The molecule has 0 radical (unpaired) electrons. The summed E-state index contributed by atoms with van der Waals surface area (Å²) >= 11 is 0. The van der Waals surface area contributed by atoms with Crippen LogP contribution < -0.4 is 5.32 Å². The third kappa shape index (κ3) is 0.845. The van der Waals surface area contributed by atoms with Gasteiger partial charge in [0.25, 0.3) is 0 Å². The molecule has 2 bridgehead atoms. The minimum Gasteiger partial charge on any atom is -0.512 e. The van der Waals surface area contributed by atoms with Gasteiger partial charge in [-0.1, -0.05) is 20.4 Å². The highest BCUT2D eigenvalue weighted by Gasteiger charge is 2.69. The Bertz CT molecular complexity index is 212. The van der Waals surface area contributed by atoms with Crippen molar-refractivity contribution in [3.8, 4) is 0 Å². The summed E-state index contributed by atoms with van der Waals surface area (Å²) in [7, 11) is 0. The molecule has 3 aliphatic rings. The zero-order valence-electron chi connectivity index (χ0n) is 7.85. The maximum Gasteiger partial charge on any atom is 0.0914 e. The number of hydrogen-bond acceptors (Lipinski definition) is 2. The highest BCUT2D eigenvalue weighted by atomic mass is 16.3. The normalized spacial score (nSPS) is 43.6. The molecule has 68 valence electrons. The summed E-state index contributed by atoms with van der Waals surface area (Å²) in [5.74, 6) is 0.398. The van der Waals surface area contributed by atoms with Gasteiger partial charge in [0.15, 0.2) is 0 Å². The number of aliphatic hydroxyl groups excluding tert-OH is 1. The first-order valence-electron chi connectivity index (χ1n) is 4.64. The number of nitrogens with one attached hydrogen (secondary N) is 1. The molecule has 0 unspecified atom stereocenters. The summed E-state index contributed by atoms with van der Waals surface area (Å²) in [6.45, 7) is 7.96. The van der Waals surface area contributed by atoms with Crippen LogP contribution in [0.25, 0.3) is 0 Å². The van der Waals surface area contributed by atoms with Crippen LogP contribution in [0.15, 0.2) is 12.3 Å². The molecule has 12 heavy (non-hydrogen) atoms. The molecule has 2 nitrogen and oxygen atoms in total. The van der Waals surface area contributed by atoms with Gasteiger partial charge >= 0.3 is 0 Å². The predicted octanol–water partition coefficient (Wildman–Crippen LogP) is 1.98. The Morgan fingerprint density at radius 2 is 1.92 bits per heavy atom. The average Bonchev–Trinajstić information content (AvgIpc) is 1.72. The van der Waals surface area contributed by atoms with E-state index in [1.165, 1.54) is 0 Å². The van der Waals surface area contributed by atoms with Crippen LogP contribution in [0.5, 0.6) is 0 Å². The van der Waals surface area contributed by atoms with Crippen molar-refractivity contribution < 1.29 is 5.11 Å².